The van der Waals surface area contributed by atoms with Gasteiger partial charge in [0, 0.05) is 34.9 Å². The van der Waals surface area contributed by atoms with Crippen LogP contribution < -0.4 is 10.1 Å². The van der Waals surface area contributed by atoms with Crippen molar-refractivity contribution in [3.63, 3.8) is 0 Å². The molecule has 0 saturated heterocycles. The minimum atomic E-state index is -0.305. The number of halogens is 1. The Labute approximate surface area is 185 Å². The lowest BCUT2D eigenvalue weighted by Gasteiger charge is -2.10. The highest BCUT2D eigenvalue weighted by atomic mass is 35.5. The summed E-state index contributed by atoms with van der Waals surface area (Å²) >= 11 is 6.03. The average Bonchev–Trinajstić information content (AvgIpc) is 3.17. The number of hydrogen-bond acceptors (Lipinski definition) is 4. The Kier molecular flexibility index (Phi) is 5.78. The fourth-order valence-corrected chi connectivity index (χ4v) is 3.58. The van der Waals surface area contributed by atoms with Gasteiger partial charge in [0.2, 0.25) is 5.91 Å². The Morgan fingerprint density at radius 3 is 2.68 bits per heavy atom. The number of allylic oxidation sites excluding steroid dienone is 1. The van der Waals surface area contributed by atoms with Gasteiger partial charge in [-0.3, -0.25) is 4.79 Å². The molecule has 0 spiro atoms. The third kappa shape index (κ3) is 4.32. The molecular weight excluding hydrogens is 412 g/mol. The monoisotopic (exact) mass is 432 g/mol. The fraction of sp³-hybridized carbons (Fsp3) is 0.120. The number of methoxy groups -OCH3 is 1. The van der Waals surface area contributed by atoms with Crippen molar-refractivity contribution in [2.24, 2.45) is 0 Å². The van der Waals surface area contributed by atoms with E-state index in [1.807, 2.05) is 19.1 Å². The summed E-state index contributed by atoms with van der Waals surface area (Å²) in [6.07, 6.45) is 4.82. The first-order valence-corrected chi connectivity index (χ1v) is 10.1. The van der Waals surface area contributed by atoms with Crippen LogP contribution in [-0.4, -0.2) is 18.0 Å². The molecule has 2 heterocycles. The van der Waals surface area contributed by atoms with Crippen LogP contribution in [0, 0.1) is 6.92 Å². The molecule has 1 amide bonds. The maximum Gasteiger partial charge on any atom is 0.248 e. The van der Waals surface area contributed by atoms with Crippen molar-refractivity contribution in [1.29, 1.82) is 0 Å². The van der Waals surface area contributed by atoms with E-state index in [2.05, 4.69) is 41.5 Å². The highest BCUT2D eigenvalue weighted by molar-refractivity contribution is 6.32. The first-order chi connectivity index (χ1) is 15.0. The van der Waals surface area contributed by atoms with E-state index in [0.717, 1.165) is 33.2 Å². The molecule has 0 atom stereocenters. The Morgan fingerprint density at radius 1 is 1.19 bits per heavy atom. The molecule has 6 heteroatoms. The van der Waals surface area contributed by atoms with Crippen molar-refractivity contribution in [3.05, 3.63) is 83.3 Å². The molecule has 0 saturated carbocycles. The molecule has 0 unspecified atom stereocenters. The third-order valence-corrected chi connectivity index (χ3v) is 5.35. The van der Waals surface area contributed by atoms with Gasteiger partial charge in [0.05, 0.1) is 19.1 Å². The Bertz CT molecular complexity index is 1290. The number of anilines is 1. The van der Waals surface area contributed by atoms with Gasteiger partial charge in [0.15, 0.2) is 5.15 Å². The largest absolute Gasteiger partial charge is 0.496 e. The lowest BCUT2D eigenvalue weighted by Crippen LogP contribution is -2.09. The molecule has 31 heavy (non-hydrogen) atoms. The number of carbonyl (C=O) groups excluding carboxylic acids is 1. The van der Waals surface area contributed by atoms with Crippen LogP contribution in [0.3, 0.4) is 0 Å². The van der Waals surface area contributed by atoms with Crippen LogP contribution in [0.4, 0.5) is 5.69 Å². The third-order valence-electron chi connectivity index (χ3n) is 5.05. The van der Waals surface area contributed by atoms with Gasteiger partial charge in [0.25, 0.3) is 0 Å². The minimum Gasteiger partial charge on any atom is -0.496 e. The smallest absolute Gasteiger partial charge is 0.248 e. The van der Waals surface area contributed by atoms with E-state index < -0.39 is 0 Å². The second-order valence-corrected chi connectivity index (χ2v) is 7.58. The van der Waals surface area contributed by atoms with Crippen molar-refractivity contribution in [2.45, 2.75) is 13.8 Å². The second-order valence-electron chi connectivity index (χ2n) is 7.22. The quantitative estimate of drug-likeness (QED) is 0.288. The Hall–Kier alpha value is -3.57. The molecule has 0 bridgehead atoms. The van der Waals surface area contributed by atoms with Crippen molar-refractivity contribution in [3.8, 4) is 16.9 Å². The van der Waals surface area contributed by atoms with Crippen LogP contribution in [0.2, 0.25) is 5.15 Å². The van der Waals surface area contributed by atoms with Crippen LogP contribution in [-0.2, 0) is 4.79 Å². The van der Waals surface area contributed by atoms with Crippen molar-refractivity contribution in [2.75, 3.05) is 12.4 Å². The molecule has 0 aliphatic heterocycles. The van der Waals surface area contributed by atoms with Crippen LogP contribution in [0.1, 0.15) is 18.1 Å². The van der Waals surface area contributed by atoms with E-state index >= 15 is 0 Å². The molecule has 0 aliphatic carbocycles. The maximum atomic E-state index is 12.5. The minimum absolute atomic E-state index is 0.238. The molecule has 156 valence electrons. The first-order valence-electron chi connectivity index (χ1n) is 9.72. The van der Waals surface area contributed by atoms with Gasteiger partial charge in [-0.05, 0) is 43.2 Å². The normalized spacial score (nSPS) is 11.5. The maximum absolute atomic E-state index is 12.5. The summed E-state index contributed by atoms with van der Waals surface area (Å²) in [4.78, 5) is 16.5. The SMILES string of the molecule is COc1cc2occ(-c3ccc(C)cc3)c2cc1/C(C)=C/C(=O)Nc1cccnc1Cl. The molecule has 0 aliphatic rings. The van der Waals surface area contributed by atoms with Crippen LogP contribution in [0.5, 0.6) is 5.75 Å². The summed E-state index contributed by atoms with van der Waals surface area (Å²) in [5, 5.41) is 3.94. The van der Waals surface area contributed by atoms with Gasteiger partial charge in [-0.25, -0.2) is 4.98 Å². The van der Waals surface area contributed by atoms with Gasteiger partial charge in [0.1, 0.15) is 11.3 Å². The fourth-order valence-electron chi connectivity index (χ4n) is 3.41. The number of rotatable bonds is 5. The van der Waals surface area contributed by atoms with Crippen molar-refractivity contribution < 1.29 is 13.9 Å². The first kappa shape index (κ1) is 20.7. The standard InChI is InChI=1S/C25H21ClN2O3/c1-15-6-8-17(9-7-15)20-14-31-23-13-22(30-3)18(12-19(20)23)16(2)11-24(29)28-21-5-4-10-27-25(21)26/h4-14H,1-3H3,(H,28,29)/b16-11+. The topological polar surface area (TPSA) is 64.4 Å². The summed E-state index contributed by atoms with van der Waals surface area (Å²) in [5.74, 6) is 0.318. The van der Waals surface area contributed by atoms with Crippen LogP contribution in [0.15, 0.2) is 71.5 Å². The van der Waals surface area contributed by atoms with E-state index in [0.29, 0.717) is 11.4 Å². The number of carbonyl (C=O) groups is 1. The van der Waals surface area contributed by atoms with Gasteiger partial charge in [-0.15, -0.1) is 0 Å². The summed E-state index contributed by atoms with van der Waals surface area (Å²) in [6, 6.07) is 15.5. The second kappa shape index (κ2) is 8.66. The molecule has 4 rings (SSSR count). The van der Waals surface area contributed by atoms with E-state index in [9.17, 15) is 4.79 Å². The number of nitrogens with zero attached hydrogens (tertiary/aromatic N) is 1. The number of nitrogens with one attached hydrogen (secondary N) is 1. The van der Waals surface area contributed by atoms with E-state index in [1.165, 1.54) is 11.6 Å². The molecule has 5 nitrogen and oxygen atoms in total. The average molecular weight is 433 g/mol. The molecule has 2 aromatic carbocycles. The highest BCUT2D eigenvalue weighted by Crippen LogP contribution is 2.37. The van der Waals surface area contributed by atoms with Crippen LogP contribution >= 0.6 is 11.6 Å². The number of benzene rings is 2. The summed E-state index contributed by atoms with van der Waals surface area (Å²) in [7, 11) is 1.59. The predicted molar refractivity (Wildman–Crippen MR) is 124 cm³/mol. The number of ether oxygens (including phenoxy) is 1. The number of hydrogen-bond donors (Lipinski definition) is 1. The number of aryl methyl sites for hydroxylation is 1. The van der Waals surface area contributed by atoms with Crippen molar-refractivity contribution in [1.82, 2.24) is 4.98 Å². The lowest BCUT2D eigenvalue weighted by atomic mass is 9.99. The zero-order chi connectivity index (χ0) is 22.0. The number of pyridine rings is 1. The summed E-state index contributed by atoms with van der Waals surface area (Å²) in [5.41, 5.74) is 5.96. The lowest BCUT2D eigenvalue weighted by molar-refractivity contribution is -0.111. The number of aromatic nitrogens is 1. The molecule has 1 N–H and O–H groups in total. The van der Waals surface area contributed by atoms with Crippen LogP contribution in [0.25, 0.3) is 27.7 Å². The number of fused-ring (bicyclic) bond motifs is 1. The highest BCUT2D eigenvalue weighted by Gasteiger charge is 2.15. The van der Waals surface area contributed by atoms with Gasteiger partial charge < -0.3 is 14.5 Å². The Balaban J connectivity index is 1.72. The molecule has 4 aromatic rings. The van der Waals surface area contributed by atoms with Gasteiger partial charge in [-0.2, -0.15) is 0 Å². The van der Waals surface area contributed by atoms with E-state index in [1.54, 1.807) is 31.7 Å². The Morgan fingerprint density at radius 2 is 1.97 bits per heavy atom. The molecule has 0 radical (unpaired) electrons. The number of furan rings is 1. The number of amides is 1. The van der Waals surface area contributed by atoms with Crippen molar-refractivity contribution >= 4 is 39.7 Å². The zero-order valence-corrected chi connectivity index (χ0v) is 18.2. The van der Waals surface area contributed by atoms with Gasteiger partial charge >= 0.3 is 0 Å². The molecule has 2 aromatic heterocycles. The summed E-state index contributed by atoms with van der Waals surface area (Å²) in [6.45, 7) is 3.91. The van der Waals surface area contributed by atoms with E-state index in [-0.39, 0.29) is 11.1 Å². The zero-order valence-electron chi connectivity index (χ0n) is 17.4. The molecule has 0 fully saturated rings. The molecular formula is C25H21ClN2O3. The predicted octanol–water partition coefficient (Wildman–Crippen LogP) is 6.51. The van der Waals surface area contributed by atoms with Gasteiger partial charge in [-0.1, -0.05) is 41.4 Å². The van der Waals surface area contributed by atoms with E-state index in [4.69, 9.17) is 20.8 Å². The summed E-state index contributed by atoms with van der Waals surface area (Å²) < 4.78 is 11.3.